The molecule has 0 saturated heterocycles. The number of nitrogens with one attached hydrogen (secondary N) is 1. The zero-order valence-electron chi connectivity index (χ0n) is 10.4. The molecule has 0 spiro atoms. The van der Waals surface area contributed by atoms with Crippen molar-refractivity contribution in [2.75, 3.05) is 5.32 Å². The predicted octanol–water partition coefficient (Wildman–Crippen LogP) is 2.57. The molecule has 5 heteroatoms. The minimum absolute atomic E-state index is 0.0458. The highest BCUT2D eigenvalue weighted by molar-refractivity contribution is 5.91. The van der Waals surface area contributed by atoms with Gasteiger partial charge in [0.05, 0.1) is 0 Å². The molecular weight excluding hydrogens is 237 g/mol. The van der Waals surface area contributed by atoms with E-state index in [4.69, 9.17) is 5.11 Å². The topological polar surface area (TPSA) is 66.4 Å². The van der Waals surface area contributed by atoms with E-state index in [-0.39, 0.29) is 30.5 Å². The van der Waals surface area contributed by atoms with Crippen molar-refractivity contribution in [2.24, 2.45) is 5.92 Å². The summed E-state index contributed by atoms with van der Waals surface area (Å²) in [5.74, 6) is -1.78. The molecule has 0 aromatic heterocycles. The number of carboxylic acids is 1. The fraction of sp³-hybridized carbons (Fsp3) is 0.385. The van der Waals surface area contributed by atoms with E-state index in [1.165, 1.54) is 18.2 Å². The maximum absolute atomic E-state index is 12.9. The Kier molecular flexibility index (Phi) is 4.83. The highest BCUT2D eigenvalue weighted by Crippen LogP contribution is 2.17. The largest absolute Gasteiger partial charge is 0.481 e. The lowest BCUT2D eigenvalue weighted by atomic mass is 10.0. The summed E-state index contributed by atoms with van der Waals surface area (Å²) in [4.78, 5) is 22.1. The molecule has 0 aliphatic rings. The van der Waals surface area contributed by atoms with Gasteiger partial charge >= 0.3 is 5.97 Å². The van der Waals surface area contributed by atoms with E-state index in [1.54, 1.807) is 13.8 Å². The van der Waals surface area contributed by atoms with Crippen LogP contribution in [0.25, 0.3) is 0 Å². The normalized spacial score (nSPS) is 11.9. The highest BCUT2D eigenvalue weighted by atomic mass is 19.1. The van der Waals surface area contributed by atoms with Gasteiger partial charge in [-0.3, -0.25) is 9.59 Å². The minimum atomic E-state index is -0.923. The Balaban J connectivity index is 2.56. The first-order valence-electron chi connectivity index (χ1n) is 5.66. The van der Waals surface area contributed by atoms with Crippen LogP contribution in [0.1, 0.15) is 25.3 Å². The second-order valence-corrected chi connectivity index (χ2v) is 4.41. The number of carbonyl (C=O) groups excluding carboxylic acids is 1. The summed E-state index contributed by atoms with van der Waals surface area (Å²) in [6.45, 7) is 3.39. The van der Waals surface area contributed by atoms with Crippen LogP contribution in [0.2, 0.25) is 0 Å². The smallest absolute Gasteiger partial charge is 0.303 e. The number of benzene rings is 1. The maximum atomic E-state index is 12.9. The molecule has 0 aliphatic heterocycles. The molecule has 4 nitrogen and oxygen atoms in total. The lowest BCUT2D eigenvalue weighted by molar-refractivity contribution is -0.138. The van der Waals surface area contributed by atoms with Gasteiger partial charge in [-0.15, -0.1) is 0 Å². The highest BCUT2D eigenvalue weighted by Gasteiger charge is 2.13. The molecule has 0 bridgehead atoms. The maximum Gasteiger partial charge on any atom is 0.303 e. The van der Waals surface area contributed by atoms with Crippen LogP contribution in [0.15, 0.2) is 18.2 Å². The molecule has 1 amide bonds. The number of anilines is 1. The number of hydrogen-bond acceptors (Lipinski definition) is 2. The van der Waals surface area contributed by atoms with Gasteiger partial charge in [0.25, 0.3) is 0 Å². The number of rotatable bonds is 5. The molecule has 1 aromatic rings. The Hall–Kier alpha value is -1.91. The van der Waals surface area contributed by atoms with Crippen molar-refractivity contribution >= 4 is 17.6 Å². The zero-order valence-corrected chi connectivity index (χ0v) is 10.4. The lowest BCUT2D eigenvalue weighted by Gasteiger charge is -2.11. The van der Waals surface area contributed by atoms with Crippen LogP contribution in [0.3, 0.4) is 0 Å². The third-order valence-corrected chi connectivity index (χ3v) is 2.52. The molecule has 2 N–H and O–H groups in total. The van der Waals surface area contributed by atoms with Crippen LogP contribution in [-0.4, -0.2) is 17.0 Å². The molecule has 0 radical (unpaired) electrons. The van der Waals surface area contributed by atoms with E-state index in [1.807, 2.05) is 0 Å². The zero-order chi connectivity index (χ0) is 13.7. The van der Waals surface area contributed by atoms with Crippen LogP contribution in [0, 0.1) is 18.7 Å². The molecule has 0 saturated carbocycles. The molecule has 18 heavy (non-hydrogen) atoms. The number of hydrogen-bond donors (Lipinski definition) is 2. The molecule has 1 unspecified atom stereocenters. The molecule has 0 heterocycles. The third-order valence-electron chi connectivity index (χ3n) is 2.52. The van der Waals surface area contributed by atoms with Crippen molar-refractivity contribution in [3.8, 4) is 0 Å². The SMILES string of the molecule is Cc1cc(F)ccc1NC(=O)CC(C)CC(=O)O. The molecule has 1 rings (SSSR count). The summed E-state index contributed by atoms with van der Waals surface area (Å²) in [5.41, 5.74) is 1.18. The Morgan fingerprint density at radius 1 is 1.39 bits per heavy atom. The minimum Gasteiger partial charge on any atom is -0.481 e. The number of aliphatic carboxylic acids is 1. The van der Waals surface area contributed by atoms with E-state index in [0.29, 0.717) is 11.3 Å². The van der Waals surface area contributed by atoms with Crippen LogP contribution in [-0.2, 0) is 9.59 Å². The number of halogens is 1. The predicted molar refractivity (Wildman–Crippen MR) is 65.8 cm³/mol. The van der Waals surface area contributed by atoms with Crippen molar-refractivity contribution in [3.63, 3.8) is 0 Å². The second kappa shape index (κ2) is 6.14. The van der Waals surface area contributed by atoms with Gasteiger partial charge in [-0.25, -0.2) is 4.39 Å². The molecule has 1 aromatic carbocycles. The Labute approximate surface area is 105 Å². The van der Waals surface area contributed by atoms with Crippen molar-refractivity contribution in [3.05, 3.63) is 29.6 Å². The number of carbonyl (C=O) groups is 2. The lowest BCUT2D eigenvalue weighted by Crippen LogP contribution is -2.17. The van der Waals surface area contributed by atoms with Gasteiger partial charge in [0.1, 0.15) is 5.82 Å². The number of amides is 1. The van der Waals surface area contributed by atoms with Gasteiger partial charge in [0.15, 0.2) is 0 Å². The second-order valence-electron chi connectivity index (χ2n) is 4.41. The molecule has 0 aliphatic carbocycles. The van der Waals surface area contributed by atoms with Crippen molar-refractivity contribution < 1.29 is 19.1 Å². The first-order valence-corrected chi connectivity index (χ1v) is 5.66. The van der Waals surface area contributed by atoms with Crippen LogP contribution < -0.4 is 5.32 Å². The van der Waals surface area contributed by atoms with E-state index in [9.17, 15) is 14.0 Å². The molecule has 98 valence electrons. The average Bonchev–Trinajstić information content (AvgIpc) is 2.20. The Morgan fingerprint density at radius 3 is 2.61 bits per heavy atom. The average molecular weight is 253 g/mol. The van der Waals surface area contributed by atoms with Gasteiger partial charge < -0.3 is 10.4 Å². The first kappa shape index (κ1) is 14.2. The summed E-state index contributed by atoms with van der Waals surface area (Å²) in [6.07, 6.45) is 0.0823. The van der Waals surface area contributed by atoms with Crippen LogP contribution in [0.4, 0.5) is 10.1 Å². The molecular formula is C13H16FNO3. The first-order chi connectivity index (χ1) is 8.38. The summed E-state index contributed by atoms with van der Waals surface area (Å²) < 4.78 is 12.9. The van der Waals surface area contributed by atoms with Crippen LogP contribution >= 0.6 is 0 Å². The monoisotopic (exact) mass is 253 g/mol. The van der Waals surface area contributed by atoms with Crippen LogP contribution in [0.5, 0.6) is 0 Å². The summed E-state index contributed by atoms with van der Waals surface area (Å²) in [6, 6.07) is 4.09. The quantitative estimate of drug-likeness (QED) is 0.847. The fourth-order valence-electron chi connectivity index (χ4n) is 1.66. The molecule has 0 fully saturated rings. The Morgan fingerprint density at radius 2 is 2.06 bits per heavy atom. The van der Waals surface area contributed by atoms with Gasteiger partial charge in [-0.05, 0) is 36.6 Å². The number of carboxylic acid groups (broad SMARTS) is 1. The standard InChI is InChI=1S/C13H16FNO3/c1-8(6-13(17)18)5-12(16)15-11-4-3-10(14)7-9(11)2/h3-4,7-8H,5-6H2,1-2H3,(H,15,16)(H,17,18). The summed E-state index contributed by atoms with van der Waals surface area (Å²) in [5, 5.41) is 11.2. The summed E-state index contributed by atoms with van der Waals surface area (Å²) >= 11 is 0. The van der Waals surface area contributed by atoms with E-state index >= 15 is 0 Å². The van der Waals surface area contributed by atoms with Crippen molar-refractivity contribution in [1.82, 2.24) is 0 Å². The van der Waals surface area contributed by atoms with Gasteiger partial charge in [0.2, 0.25) is 5.91 Å². The fourth-order valence-corrected chi connectivity index (χ4v) is 1.66. The van der Waals surface area contributed by atoms with Gasteiger partial charge in [-0.1, -0.05) is 6.92 Å². The van der Waals surface area contributed by atoms with E-state index in [0.717, 1.165) is 0 Å². The van der Waals surface area contributed by atoms with Gasteiger partial charge in [0, 0.05) is 18.5 Å². The molecule has 1 atom stereocenters. The van der Waals surface area contributed by atoms with Gasteiger partial charge in [-0.2, -0.15) is 0 Å². The third kappa shape index (κ3) is 4.53. The van der Waals surface area contributed by atoms with E-state index < -0.39 is 5.97 Å². The van der Waals surface area contributed by atoms with E-state index in [2.05, 4.69) is 5.32 Å². The Bertz CT molecular complexity index is 460. The summed E-state index contributed by atoms with van der Waals surface area (Å²) in [7, 11) is 0. The number of aryl methyl sites for hydroxylation is 1. The van der Waals surface area contributed by atoms with Crippen molar-refractivity contribution in [2.45, 2.75) is 26.7 Å². The van der Waals surface area contributed by atoms with Crippen molar-refractivity contribution in [1.29, 1.82) is 0 Å².